The number of carbonyl (C=O) groups is 1. The normalized spacial score (nSPS) is 23.1. The molecule has 0 amide bonds. The number of aliphatic hydroxyl groups is 1. The fraction of sp³-hybridized carbons (Fsp3) is 0.500. The van der Waals surface area contributed by atoms with E-state index in [1.165, 1.54) is 7.11 Å². The van der Waals surface area contributed by atoms with Gasteiger partial charge in [0.05, 0.1) is 13.2 Å². The van der Waals surface area contributed by atoms with Crippen molar-refractivity contribution < 1.29 is 14.6 Å². The van der Waals surface area contributed by atoms with E-state index in [1.54, 1.807) is 12.1 Å². The van der Waals surface area contributed by atoms with E-state index < -0.39 is 11.6 Å². The number of hydrogen-bond acceptors (Lipinski definition) is 4. The summed E-state index contributed by atoms with van der Waals surface area (Å²) in [6.07, 6.45) is 2.84. The maximum Gasteiger partial charge on any atom is 0.344 e. The summed E-state index contributed by atoms with van der Waals surface area (Å²) in [6, 6.07) is 8.70. The molecule has 0 spiro atoms. The van der Waals surface area contributed by atoms with E-state index in [1.807, 2.05) is 18.2 Å². The summed E-state index contributed by atoms with van der Waals surface area (Å²) in [5, 5.41) is 14.1. The predicted octanol–water partition coefficient (Wildman–Crippen LogP) is 1.19. The van der Waals surface area contributed by atoms with E-state index in [4.69, 9.17) is 4.74 Å². The van der Waals surface area contributed by atoms with Gasteiger partial charge in [0, 0.05) is 0 Å². The van der Waals surface area contributed by atoms with Crippen LogP contribution >= 0.6 is 0 Å². The number of esters is 1. The van der Waals surface area contributed by atoms with E-state index in [9.17, 15) is 9.90 Å². The van der Waals surface area contributed by atoms with Crippen molar-refractivity contribution in [3.8, 4) is 0 Å². The molecule has 1 aromatic rings. The molecule has 1 aliphatic rings. The lowest BCUT2D eigenvalue weighted by molar-refractivity contribution is -0.168. The van der Waals surface area contributed by atoms with Crippen molar-refractivity contribution in [2.75, 3.05) is 13.7 Å². The van der Waals surface area contributed by atoms with Crippen LogP contribution in [0, 0.1) is 0 Å². The fourth-order valence-electron chi connectivity index (χ4n) is 2.52. The molecule has 1 aliphatic heterocycles. The molecule has 4 nitrogen and oxygen atoms in total. The predicted molar refractivity (Wildman–Crippen MR) is 68.0 cm³/mol. The monoisotopic (exact) mass is 249 g/mol. The molecular formula is C14H19NO3. The minimum absolute atomic E-state index is 0.291. The van der Waals surface area contributed by atoms with Gasteiger partial charge in [-0.15, -0.1) is 0 Å². The van der Waals surface area contributed by atoms with E-state index in [2.05, 4.69) is 5.32 Å². The Labute approximate surface area is 107 Å². The Kier molecular flexibility index (Phi) is 3.99. The molecule has 1 heterocycles. The number of hydrogen-bond donors (Lipinski definition) is 2. The summed E-state index contributed by atoms with van der Waals surface area (Å²) in [5.41, 5.74) is -1.02. The topological polar surface area (TPSA) is 58.6 Å². The van der Waals surface area contributed by atoms with Gasteiger partial charge in [-0.3, -0.25) is 0 Å². The number of rotatable bonds is 3. The van der Waals surface area contributed by atoms with E-state index in [0.717, 1.165) is 25.8 Å². The maximum absolute atomic E-state index is 12.0. The van der Waals surface area contributed by atoms with Gasteiger partial charge in [-0.05, 0) is 24.9 Å². The second kappa shape index (κ2) is 5.50. The van der Waals surface area contributed by atoms with Crippen LogP contribution in [0.3, 0.4) is 0 Å². The largest absolute Gasteiger partial charge is 0.467 e. The molecule has 1 unspecified atom stereocenters. The van der Waals surface area contributed by atoms with Gasteiger partial charge >= 0.3 is 5.97 Å². The van der Waals surface area contributed by atoms with Crippen molar-refractivity contribution in [1.82, 2.24) is 5.32 Å². The maximum atomic E-state index is 12.0. The van der Waals surface area contributed by atoms with Crippen molar-refractivity contribution in [3.05, 3.63) is 35.9 Å². The molecule has 0 aromatic heterocycles. The molecule has 0 saturated carbocycles. The Balaban J connectivity index is 2.36. The molecule has 0 bridgehead atoms. The first-order chi connectivity index (χ1) is 8.69. The Bertz CT molecular complexity index is 401. The SMILES string of the molecule is COC(=O)C(O)(c1ccccc1)[C@@H]1CCCCN1. The van der Waals surface area contributed by atoms with Crippen LogP contribution in [0.25, 0.3) is 0 Å². The molecular weight excluding hydrogens is 230 g/mol. The zero-order valence-electron chi connectivity index (χ0n) is 10.6. The summed E-state index contributed by atoms with van der Waals surface area (Å²) < 4.78 is 4.79. The highest BCUT2D eigenvalue weighted by molar-refractivity contribution is 5.82. The van der Waals surface area contributed by atoms with Crippen LogP contribution in [0.1, 0.15) is 24.8 Å². The van der Waals surface area contributed by atoms with E-state index in [-0.39, 0.29) is 6.04 Å². The van der Waals surface area contributed by atoms with Gasteiger partial charge in [0.2, 0.25) is 5.60 Å². The third-order valence-corrected chi connectivity index (χ3v) is 3.53. The lowest BCUT2D eigenvalue weighted by atomic mass is 9.82. The minimum atomic E-state index is -1.60. The van der Waals surface area contributed by atoms with Gasteiger partial charge in [0.1, 0.15) is 0 Å². The van der Waals surface area contributed by atoms with Gasteiger partial charge in [0.25, 0.3) is 0 Å². The van der Waals surface area contributed by atoms with Gasteiger partial charge < -0.3 is 15.2 Å². The highest BCUT2D eigenvalue weighted by Gasteiger charge is 2.46. The zero-order chi connectivity index (χ0) is 13.0. The smallest absolute Gasteiger partial charge is 0.344 e. The van der Waals surface area contributed by atoms with Crippen molar-refractivity contribution in [2.45, 2.75) is 30.9 Å². The van der Waals surface area contributed by atoms with Crippen LogP contribution in [0.15, 0.2) is 30.3 Å². The van der Waals surface area contributed by atoms with Crippen LogP contribution in [0.5, 0.6) is 0 Å². The highest BCUT2D eigenvalue weighted by atomic mass is 16.5. The summed E-state index contributed by atoms with van der Waals surface area (Å²) in [6.45, 7) is 0.816. The first-order valence-corrected chi connectivity index (χ1v) is 6.29. The van der Waals surface area contributed by atoms with Crippen LogP contribution in [0.4, 0.5) is 0 Å². The summed E-state index contributed by atoms with van der Waals surface area (Å²) >= 11 is 0. The highest BCUT2D eigenvalue weighted by Crippen LogP contribution is 2.30. The quantitative estimate of drug-likeness (QED) is 0.790. The van der Waals surface area contributed by atoms with Gasteiger partial charge in [-0.1, -0.05) is 36.8 Å². The summed E-state index contributed by atoms with van der Waals surface area (Å²) in [7, 11) is 1.30. The minimum Gasteiger partial charge on any atom is -0.467 e. The van der Waals surface area contributed by atoms with Crippen LogP contribution in [0.2, 0.25) is 0 Å². The standard InChI is InChI=1S/C14H19NO3/c1-18-13(16)14(17,11-7-3-2-4-8-11)12-9-5-6-10-15-12/h2-4,7-8,12,15,17H,5-6,9-10H2,1H3/t12-,14?/m0/s1. The molecule has 1 aromatic carbocycles. The van der Waals surface area contributed by atoms with Gasteiger partial charge in [-0.2, -0.15) is 0 Å². The molecule has 18 heavy (non-hydrogen) atoms. The first-order valence-electron chi connectivity index (χ1n) is 6.29. The molecule has 1 fully saturated rings. The Morgan fingerprint density at radius 3 is 2.67 bits per heavy atom. The number of ether oxygens (including phenoxy) is 1. The second-order valence-corrected chi connectivity index (χ2v) is 4.63. The van der Waals surface area contributed by atoms with Gasteiger partial charge in [-0.25, -0.2) is 4.79 Å². The molecule has 0 radical (unpaired) electrons. The molecule has 2 N–H and O–H groups in total. The molecule has 4 heteroatoms. The second-order valence-electron chi connectivity index (χ2n) is 4.63. The van der Waals surface area contributed by atoms with Crippen LogP contribution < -0.4 is 5.32 Å². The molecule has 2 atom stereocenters. The summed E-state index contributed by atoms with van der Waals surface area (Å²) in [4.78, 5) is 12.0. The number of nitrogens with one attached hydrogen (secondary N) is 1. The molecule has 98 valence electrons. The number of methoxy groups -OCH3 is 1. The van der Waals surface area contributed by atoms with E-state index >= 15 is 0 Å². The Morgan fingerprint density at radius 2 is 2.11 bits per heavy atom. The van der Waals surface area contributed by atoms with Crippen molar-refractivity contribution in [1.29, 1.82) is 0 Å². The van der Waals surface area contributed by atoms with E-state index in [0.29, 0.717) is 5.56 Å². The molecule has 0 aliphatic carbocycles. The fourth-order valence-corrected chi connectivity index (χ4v) is 2.52. The third kappa shape index (κ3) is 2.26. The van der Waals surface area contributed by atoms with Crippen LogP contribution in [-0.4, -0.2) is 30.8 Å². The lowest BCUT2D eigenvalue weighted by Gasteiger charge is -2.37. The summed E-state index contributed by atoms with van der Waals surface area (Å²) in [5.74, 6) is -0.604. The van der Waals surface area contributed by atoms with Crippen molar-refractivity contribution in [2.24, 2.45) is 0 Å². The van der Waals surface area contributed by atoms with Crippen molar-refractivity contribution in [3.63, 3.8) is 0 Å². The van der Waals surface area contributed by atoms with Crippen LogP contribution in [-0.2, 0) is 15.1 Å². The van der Waals surface area contributed by atoms with Crippen molar-refractivity contribution >= 4 is 5.97 Å². The molecule has 1 saturated heterocycles. The Hall–Kier alpha value is -1.39. The zero-order valence-corrected chi connectivity index (χ0v) is 10.6. The number of piperidine rings is 1. The Morgan fingerprint density at radius 1 is 1.39 bits per heavy atom. The number of carbonyl (C=O) groups excluding carboxylic acids is 1. The average Bonchev–Trinajstić information content (AvgIpc) is 2.47. The number of benzene rings is 1. The molecule has 2 rings (SSSR count). The third-order valence-electron chi connectivity index (χ3n) is 3.53. The lowest BCUT2D eigenvalue weighted by Crippen LogP contribution is -2.55. The average molecular weight is 249 g/mol. The van der Waals surface area contributed by atoms with Gasteiger partial charge in [0.15, 0.2) is 0 Å². The first kappa shape index (κ1) is 13.1.